The van der Waals surface area contributed by atoms with Gasteiger partial charge in [0.15, 0.2) is 11.5 Å². The second-order valence-corrected chi connectivity index (χ2v) is 5.83. The monoisotopic (exact) mass is 366 g/mol. The van der Waals surface area contributed by atoms with Gasteiger partial charge in [-0.3, -0.25) is 4.79 Å². The number of hydrogen-bond donors (Lipinski definition) is 1. The third-order valence-electron chi connectivity index (χ3n) is 4.22. The van der Waals surface area contributed by atoms with E-state index in [-0.39, 0.29) is 5.57 Å². The Kier molecular flexibility index (Phi) is 6.45. The number of benzene rings is 2. The minimum atomic E-state index is -0.486. The SMILES string of the molecule is COc1cc(/C=C(\C#N)C(=O)Nc2cccc(C)c2C)cc(OC)c1OC. The Hall–Kier alpha value is -3.46. The maximum Gasteiger partial charge on any atom is 0.266 e. The van der Waals surface area contributed by atoms with Gasteiger partial charge in [-0.1, -0.05) is 12.1 Å². The van der Waals surface area contributed by atoms with Crippen LogP contribution in [0.4, 0.5) is 5.69 Å². The largest absolute Gasteiger partial charge is 0.493 e. The van der Waals surface area contributed by atoms with Crippen LogP contribution in [0.1, 0.15) is 16.7 Å². The molecule has 27 heavy (non-hydrogen) atoms. The number of carbonyl (C=O) groups is 1. The minimum Gasteiger partial charge on any atom is -0.493 e. The first kappa shape index (κ1) is 19.9. The molecule has 0 aliphatic heterocycles. The average Bonchev–Trinajstić information content (AvgIpc) is 2.68. The van der Waals surface area contributed by atoms with Crippen LogP contribution in [0, 0.1) is 25.2 Å². The number of anilines is 1. The van der Waals surface area contributed by atoms with Crippen molar-refractivity contribution in [3.63, 3.8) is 0 Å². The second kappa shape index (κ2) is 8.77. The van der Waals surface area contributed by atoms with E-state index in [0.29, 0.717) is 28.5 Å². The number of hydrogen-bond acceptors (Lipinski definition) is 5. The predicted octanol–water partition coefficient (Wildman–Crippen LogP) is 3.87. The van der Waals surface area contributed by atoms with Crippen molar-refractivity contribution in [3.8, 4) is 23.3 Å². The number of carbonyl (C=O) groups excluding carboxylic acids is 1. The molecule has 0 saturated carbocycles. The van der Waals surface area contributed by atoms with Gasteiger partial charge in [-0.25, -0.2) is 0 Å². The van der Waals surface area contributed by atoms with Gasteiger partial charge in [-0.2, -0.15) is 5.26 Å². The number of nitriles is 1. The molecule has 0 radical (unpaired) electrons. The lowest BCUT2D eigenvalue weighted by Crippen LogP contribution is -2.14. The molecule has 0 saturated heterocycles. The molecule has 2 rings (SSSR count). The molecular formula is C21H22N2O4. The fourth-order valence-corrected chi connectivity index (χ4v) is 2.58. The molecule has 0 unspecified atom stereocenters. The number of ether oxygens (including phenoxy) is 3. The van der Waals surface area contributed by atoms with Gasteiger partial charge in [-0.05, 0) is 54.8 Å². The number of rotatable bonds is 6. The van der Waals surface area contributed by atoms with Crippen LogP contribution >= 0.6 is 0 Å². The molecule has 0 fully saturated rings. The number of aryl methyl sites for hydroxylation is 1. The van der Waals surface area contributed by atoms with Crippen molar-refractivity contribution in [1.29, 1.82) is 5.26 Å². The standard InChI is InChI=1S/C21H22N2O4/c1-13-7-6-8-17(14(13)2)23-21(24)16(12-22)9-15-10-18(25-3)20(27-5)19(11-15)26-4/h6-11H,1-5H3,(H,23,24)/b16-9+. The summed E-state index contributed by atoms with van der Waals surface area (Å²) in [6.45, 7) is 3.88. The Balaban J connectivity index is 2.39. The topological polar surface area (TPSA) is 80.6 Å². The molecule has 0 bridgehead atoms. The fraction of sp³-hybridized carbons (Fsp3) is 0.238. The van der Waals surface area contributed by atoms with Gasteiger partial charge in [0.05, 0.1) is 21.3 Å². The maximum absolute atomic E-state index is 12.6. The molecule has 0 aromatic heterocycles. The summed E-state index contributed by atoms with van der Waals surface area (Å²) in [4.78, 5) is 12.6. The Bertz CT molecular complexity index is 901. The van der Waals surface area contributed by atoms with Crippen LogP contribution < -0.4 is 19.5 Å². The van der Waals surface area contributed by atoms with Gasteiger partial charge in [0.25, 0.3) is 5.91 Å². The molecule has 1 N–H and O–H groups in total. The van der Waals surface area contributed by atoms with Crippen molar-refractivity contribution >= 4 is 17.7 Å². The van der Waals surface area contributed by atoms with Crippen LogP contribution in [0.25, 0.3) is 6.08 Å². The smallest absolute Gasteiger partial charge is 0.266 e. The molecule has 0 aliphatic rings. The summed E-state index contributed by atoms with van der Waals surface area (Å²) in [5.74, 6) is 0.834. The Morgan fingerprint density at radius 2 is 1.70 bits per heavy atom. The summed E-state index contributed by atoms with van der Waals surface area (Å²) in [7, 11) is 4.51. The van der Waals surface area contributed by atoms with E-state index in [9.17, 15) is 10.1 Å². The van der Waals surface area contributed by atoms with Crippen molar-refractivity contribution in [1.82, 2.24) is 0 Å². The van der Waals surface area contributed by atoms with E-state index in [1.165, 1.54) is 27.4 Å². The molecule has 0 heterocycles. The van der Waals surface area contributed by atoms with Gasteiger partial charge in [0.1, 0.15) is 11.6 Å². The highest BCUT2D eigenvalue weighted by molar-refractivity contribution is 6.10. The van der Waals surface area contributed by atoms with Crippen molar-refractivity contribution in [2.45, 2.75) is 13.8 Å². The normalized spacial score (nSPS) is 10.7. The number of methoxy groups -OCH3 is 3. The summed E-state index contributed by atoms with van der Waals surface area (Å²) in [6, 6.07) is 10.9. The summed E-state index contributed by atoms with van der Waals surface area (Å²) < 4.78 is 15.9. The first-order chi connectivity index (χ1) is 12.9. The summed E-state index contributed by atoms with van der Waals surface area (Å²) in [5, 5.41) is 12.2. The van der Waals surface area contributed by atoms with E-state index in [4.69, 9.17) is 14.2 Å². The number of amides is 1. The molecule has 0 spiro atoms. The molecule has 1 amide bonds. The zero-order valence-electron chi connectivity index (χ0n) is 16.0. The predicted molar refractivity (Wildman–Crippen MR) is 104 cm³/mol. The third kappa shape index (κ3) is 4.39. The first-order valence-electron chi connectivity index (χ1n) is 8.24. The van der Waals surface area contributed by atoms with Crippen molar-refractivity contribution in [2.75, 3.05) is 26.6 Å². The van der Waals surface area contributed by atoms with E-state index < -0.39 is 5.91 Å². The molecule has 0 aliphatic carbocycles. The van der Waals surface area contributed by atoms with Gasteiger partial charge in [0.2, 0.25) is 5.75 Å². The average molecular weight is 366 g/mol. The van der Waals surface area contributed by atoms with Crippen LogP contribution in [0.5, 0.6) is 17.2 Å². The number of nitrogens with one attached hydrogen (secondary N) is 1. The van der Waals surface area contributed by atoms with Crippen LogP contribution in [-0.4, -0.2) is 27.2 Å². The van der Waals surface area contributed by atoms with E-state index in [1.807, 2.05) is 32.0 Å². The lowest BCUT2D eigenvalue weighted by molar-refractivity contribution is -0.112. The second-order valence-electron chi connectivity index (χ2n) is 5.83. The Morgan fingerprint density at radius 3 is 2.22 bits per heavy atom. The molecule has 6 nitrogen and oxygen atoms in total. The van der Waals surface area contributed by atoms with Crippen molar-refractivity contribution in [3.05, 3.63) is 52.6 Å². The number of nitrogens with zero attached hydrogens (tertiary/aromatic N) is 1. The molecule has 6 heteroatoms. The van der Waals surface area contributed by atoms with Crippen molar-refractivity contribution in [2.24, 2.45) is 0 Å². The minimum absolute atomic E-state index is 0.0369. The van der Waals surface area contributed by atoms with Crippen LogP contribution in [0.2, 0.25) is 0 Å². The van der Waals surface area contributed by atoms with E-state index in [2.05, 4.69) is 5.32 Å². The molecule has 0 atom stereocenters. The van der Waals surface area contributed by atoms with Crippen LogP contribution in [0.15, 0.2) is 35.9 Å². The summed E-state index contributed by atoms with van der Waals surface area (Å²) >= 11 is 0. The molecule has 2 aromatic rings. The fourth-order valence-electron chi connectivity index (χ4n) is 2.58. The molecule has 2 aromatic carbocycles. The Labute approximate surface area is 159 Å². The quantitative estimate of drug-likeness (QED) is 0.620. The zero-order chi connectivity index (χ0) is 20.0. The van der Waals surface area contributed by atoms with E-state index in [1.54, 1.807) is 18.2 Å². The zero-order valence-corrected chi connectivity index (χ0v) is 16.0. The maximum atomic E-state index is 12.6. The van der Waals surface area contributed by atoms with Crippen LogP contribution in [0.3, 0.4) is 0 Å². The summed E-state index contributed by atoms with van der Waals surface area (Å²) in [6.07, 6.45) is 1.48. The van der Waals surface area contributed by atoms with Gasteiger partial charge in [0, 0.05) is 5.69 Å². The molecule has 140 valence electrons. The highest BCUT2D eigenvalue weighted by Crippen LogP contribution is 2.38. The Morgan fingerprint density at radius 1 is 1.07 bits per heavy atom. The van der Waals surface area contributed by atoms with Gasteiger partial charge < -0.3 is 19.5 Å². The summed E-state index contributed by atoms with van der Waals surface area (Å²) in [5.41, 5.74) is 3.23. The van der Waals surface area contributed by atoms with Crippen molar-refractivity contribution < 1.29 is 19.0 Å². The third-order valence-corrected chi connectivity index (χ3v) is 4.22. The lowest BCUT2D eigenvalue weighted by atomic mass is 10.1. The molecular weight excluding hydrogens is 344 g/mol. The highest BCUT2D eigenvalue weighted by Gasteiger charge is 2.15. The lowest BCUT2D eigenvalue weighted by Gasteiger charge is -2.13. The first-order valence-corrected chi connectivity index (χ1v) is 8.24. The highest BCUT2D eigenvalue weighted by atomic mass is 16.5. The van der Waals surface area contributed by atoms with Gasteiger partial charge >= 0.3 is 0 Å². The van der Waals surface area contributed by atoms with E-state index >= 15 is 0 Å². The van der Waals surface area contributed by atoms with E-state index in [0.717, 1.165) is 11.1 Å². The van der Waals surface area contributed by atoms with Gasteiger partial charge in [-0.15, -0.1) is 0 Å². The van der Waals surface area contributed by atoms with Crippen LogP contribution in [-0.2, 0) is 4.79 Å².